The summed E-state index contributed by atoms with van der Waals surface area (Å²) in [5, 5.41) is 9.39. The van der Waals surface area contributed by atoms with E-state index in [1.165, 1.54) is 23.9 Å². The molecule has 0 radical (unpaired) electrons. The van der Waals surface area contributed by atoms with Gasteiger partial charge in [0.1, 0.15) is 5.83 Å². The average Bonchev–Trinajstić information content (AvgIpc) is 2.39. The monoisotopic (exact) mass is 319 g/mol. The summed E-state index contributed by atoms with van der Waals surface area (Å²) in [4.78, 5) is 0. The Morgan fingerprint density at radius 3 is 2.55 bits per heavy atom. The normalized spacial score (nSPS) is 15.9. The minimum atomic E-state index is -3.90. The first-order valence-electron chi connectivity index (χ1n) is 5.98. The van der Waals surface area contributed by atoms with Gasteiger partial charge in [0.05, 0.1) is 12.0 Å². The maximum absolute atomic E-state index is 13.8. The molecule has 2 N–H and O–H groups in total. The Morgan fingerprint density at radius 1 is 1.45 bits per heavy atom. The standard InChI is InChI=1S/C13H18FNO3S2/c1-10(13(8-16)19-2)15-20(17,18)9-12(14)11-6-4-3-5-7-11/h3-7,9-10,13,15-16H,8H2,1-2H3. The van der Waals surface area contributed by atoms with E-state index >= 15 is 0 Å². The third kappa shape index (κ3) is 5.24. The molecule has 0 aromatic heterocycles. The maximum Gasteiger partial charge on any atom is 0.236 e. The van der Waals surface area contributed by atoms with Crippen molar-refractivity contribution in [1.82, 2.24) is 4.72 Å². The molecule has 20 heavy (non-hydrogen) atoms. The van der Waals surface area contributed by atoms with Crippen molar-refractivity contribution in [3.63, 3.8) is 0 Å². The quantitative estimate of drug-likeness (QED) is 0.806. The Kier molecular flexibility index (Phi) is 6.67. The molecule has 0 saturated heterocycles. The van der Waals surface area contributed by atoms with Crippen molar-refractivity contribution in [2.75, 3.05) is 12.9 Å². The fraction of sp³-hybridized carbons (Fsp3) is 0.385. The summed E-state index contributed by atoms with van der Waals surface area (Å²) in [6.07, 6.45) is 1.77. The van der Waals surface area contributed by atoms with E-state index in [9.17, 15) is 12.8 Å². The van der Waals surface area contributed by atoms with Gasteiger partial charge in [-0.1, -0.05) is 30.3 Å². The highest BCUT2D eigenvalue weighted by molar-refractivity contribution is 7.99. The molecule has 1 rings (SSSR count). The molecular formula is C13H18FNO3S2. The topological polar surface area (TPSA) is 66.4 Å². The van der Waals surface area contributed by atoms with Crippen LogP contribution < -0.4 is 4.72 Å². The summed E-state index contributed by atoms with van der Waals surface area (Å²) in [7, 11) is -3.90. The molecule has 112 valence electrons. The summed E-state index contributed by atoms with van der Waals surface area (Å²) in [5.41, 5.74) is 0.203. The van der Waals surface area contributed by atoms with Gasteiger partial charge in [-0.05, 0) is 13.2 Å². The number of benzene rings is 1. The number of halogens is 1. The molecule has 0 spiro atoms. The third-order valence-corrected chi connectivity index (χ3v) is 5.08. The van der Waals surface area contributed by atoms with Gasteiger partial charge in [-0.15, -0.1) is 0 Å². The first kappa shape index (κ1) is 17.2. The van der Waals surface area contributed by atoms with Gasteiger partial charge >= 0.3 is 0 Å². The van der Waals surface area contributed by atoms with Crippen LogP contribution in [0.4, 0.5) is 4.39 Å². The highest BCUT2D eigenvalue weighted by Crippen LogP contribution is 2.17. The second-order valence-electron chi connectivity index (χ2n) is 4.24. The molecule has 4 nitrogen and oxygen atoms in total. The lowest BCUT2D eigenvalue weighted by molar-refractivity contribution is 0.282. The molecule has 0 aliphatic rings. The van der Waals surface area contributed by atoms with E-state index in [1.807, 2.05) is 0 Å². The van der Waals surface area contributed by atoms with Crippen LogP contribution in [0.2, 0.25) is 0 Å². The van der Waals surface area contributed by atoms with Crippen LogP contribution in [-0.2, 0) is 10.0 Å². The van der Waals surface area contributed by atoms with Gasteiger partial charge in [0.15, 0.2) is 0 Å². The lowest BCUT2D eigenvalue weighted by atomic mass is 10.2. The molecule has 0 fully saturated rings. The second-order valence-corrected chi connectivity index (χ2v) is 6.88. The van der Waals surface area contributed by atoms with Gasteiger partial charge in [-0.3, -0.25) is 0 Å². The second kappa shape index (κ2) is 7.78. The Morgan fingerprint density at radius 2 is 2.05 bits per heavy atom. The predicted octanol–water partition coefficient (Wildman–Crippen LogP) is 1.99. The highest BCUT2D eigenvalue weighted by atomic mass is 32.2. The van der Waals surface area contributed by atoms with E-state index in [1.54, 1.807) is 31.4 Å². The molecule has 7 heteroatoms. The van der Waals surface area contributed by atoms with Crippen LogP contribution in [0, 0.1) is 0 Å². The van der Waals surface area contributed by atoms with Crippen molar-refractivity contribution < 1.29 is 17.9 Å². The van der Waals surface area contributed by atoms with Gasteiger partial charge in [0, 0.05) is 16.9 Å². The number of sulfonamides is 1. The van der Waals surface area contributed by atoms with Gasteiger partial charge in [-0.2, -0.15) is 11.8 Å². The number of thioether (sulfide) groups is 1. The number of rotatable bonds is 7. The minimum absolute atomic E-state index is 0.157. The number of hydrogen-bond donors (Lipinski definition) is 2. The van der Waals surface area contributed by atoms with E-state index in [4.69, 9.17) is 5.11 Å². The van der Waals surface area contributed by atoms with E-state index in [0.717, 1.165) is 0 Å². The molecule has 0 bridgehead atoms. The smallest absolute Gasteiger partial charge is 0.236 e. The van der Waals surface area contributed by atoms with Crippen LogP contribution in [0.5, 0.6) is 0 Å². The molecule has 0 heterocycles. The van der Waals surface area contributed by atoms with Crippen molar-refractivity contribution in [3.05, 3.63) is 41.3 Å². The lowest BCUT2D eigenvalue weighted by Crippen LogP contribution is -2.40. The van der Waals surface area contributed by atoms with Gasteiger partial charge in [0.25, 0.3) is 0 Å². The minimum Gasteiger partial charge on any atom is -0.395 e. The molecular weight excluding hydrogens is 301 g/mol. The maximum atomic E-state index is 13.8. The molecule has 0 aliphatic heterocycles. The first-order chi connectivity index (χ1) is 9.39. The van der Waals surface area contributed by atoms with E-state index in [0.29, 0.717) is 5.41 Å². The molecule has 0 saturated carbocycles. The summed E-state index contributed by atoms with van der Waals surface area (Å²) >= 11 is 1.34. The van der Waals surface area contributed by atoms with Crippen molar-refractivity contribution in [3.8, 4) is 0 Å². The third-order valence-electron chi connectivity index (χ3n) is 2.70. The first-order valence-corrected chi connectivity index (χ1v) is 8.81. The fourth-order valence-corrected chi connectivity index (χ4v) is 3.48. The predicted molar refractivity (Wildman–Crippen MR) is 81.4 cm³/mol. The van der Waals surface area contributed by atoms with Gasteiger partial charge < -0.3 is 5.11 Å². The van der Waals surface area contributed by atoms with Crippen LogP contribution >= 0.6 is 11.8 Å². The Bertz CT molecular complexity index is 542. The Labute approximate surface area is 123 Å². The zero-order valence-corrected chi connectivity index (χ0v) is 12.9. The summed E-state index contributed by atoms with van der Waals surface area (Å²) in [6, 6.07) is 7.45. The van der Waals surface area contributed by atoms with E-state index in [-0.39, 0.29) is 17.4 Å². The molecule has 0 aliphatic carbocycles. The van der Waals surface area contributed by atoms with Gasteiger partial charge in [-0.25, -0.2) is 17.5 Å². The van der Waals surface area contributed by atoms with Crippen molar-refractivity contribution in [2.45, 2.75) is 18.2 Å². The average molecular weight is 319 g/mol. The SMILES string of the molecule is CSC(CO)C(C)NS(=O)(=O)C=C(F)c1ccccc1. The molecule has 1 aromatic rings. The molecule has 2 unspecified atom stereocenters. The molecule has 1 aromatic carbocycles. The highest BCUT2D eigenvalue weighted by Gasteiger charge is 2.20. The van der Waals surface area contributed by atoms with Crippen LogP contribution in [0.1, 0.15) is 12.5 Å². The lowest BCUT2D eigenvalue weighted by Gasteiger charge is -2.20. The summed E-state index contributed by atoms with van der Waals surface area (Å²) < 4.78 is 39.9. The zero-order valence-electron chi connectivity index (χ0n) is 11.3. The largest absolute Gasteiger partial charge is 0.395 e. The van der Waals surface area contributed by atoms with Crippen LogP contribution in [0.3, 0.4) is 0 Å². The van der Waals surface area contributed by atoms with E-state index in [2.05, 4.69) is 4.72 Å². The van der Waals surface area contributed by atoms with Crippen LogP contribution in [0.25, 0.3) is 5.83 Å². The Hall–Kier alpha value is -0.890. The number of aliphatic hydroxyl groups excluding tert-OH is 1. The van der Waals surface area contributed by atoms with Gasteiger partial charge in [0.2, 0.25) is 10.0 Å². The van der Waals surface area contributed by atoms with Crippen molar-refractivity contribution >= 4 is 27.6 Å². The molecule has 2 atom stereocenters. The molecule has 0 amide bonds. The van der Waals surface area contributed by atoms with Crippen molar-refractivity contribution in [2.24, 2.45) is 0 Å². The zero-order chi connectivity index (χ0) is 15.2. The summed E-state index contributed by atoms with van der Waals surface area (Å²) in [6.45, 7) is 1.47. The fourth-order valence-electron chi connectivity index (χ4n) is 1.61. The number of nitrogens with one attached hydrogen (secondary N) is 1. The summed E-state index contributed by atoms with van der Waals surface area (Å²) in [5.74, 6) is -0.824. The number of aliphatic hydroxyl groups is 1. The van der Waals surface area contributed by atoms with E-state index < -0.39 is 21.9 Å². The van der Waals surface area contributed by atoms with Crippen LogP contribution in [0.15, 0.2) is 35.7 Å². The van der Waals surface area contributed by atoms with Crippen molar-refractivity contribution in [1.29, 1.82) is 0 Å². The van der Waals surface area contributed by atoms with Crippen LogP contribution in [-0.4, -0.2) is 37.7 Å². The Balaban J connectivity index is 2.84. The number of hydrogen-bond acceptors (Lipinski definition) is 4.